The van der Waals surface area contributed by atoms with Gasteiger partial charge < -0.3 is 14.4 Å². The van der Waals surface area contributed by atoms with Gasteiger partial charge in [0.1, 0.15) is 5.82 Å². The summed E-state index contributed by atoms with van der Waals surface area (Å²) < 4.78 is 80.1. The van der Waals surface area contributed by atoms with E-state index in [-0.39, 0.29) is 26.6 Å². The van der Waals surface area contributed by atoms with Crippen LogP contribution in [0, 0.1) is 24.4 Å². The van der Waals surface area contributed by atoms with E-state index in [0.717, 1.165) is 35.3 Å². The van der Waals surface area contributed by atoms with Crippen LogP contribution in [0.1, 0.15) is 29.6 Å². The summed E-state index contributed by atoms with van der Waals surface area (Å²) in [5.74, 6) is -3.05. The Morgan fingerprint density at radius 3 is 2.64 bits per heavy atom. The standard InChI is InChI=1S/C28H28F3N5O4S2/c1-16-11-19(35-34-16)12-23-26(39-3)27(36-9-10-40-14-17(36)2)33-28(32-23)41-24-8-7-20(13-22(24)30)42(37,38)15-18-5-4-6-21(29)25(18)31/h4-8,11,13,17H,9-10,12,14-15H2,1-3H3,(H,34,35)/t17-/m0/s1. The number of ether oxygens (including phenoxy) is 2. The second-order valence-electron chi connectivity index (χ2n) is 9.81. The molecule has 0 radical (unpaired) electrons. The van der Waals surface area contributed by atoms with Gasteiger partial charge in [-0.05, 0) is 55.9 Å². The van der Waals surface area contributed by atoms with Crippen molar-refractivity contribution in [2.75, 3.05) is 31.8 Å². The Bertz CT molecular complexity index is 1720. The van der Waals surface area contributed by atoms with E-state index in [4.69, 9.17) is 14.5 Å². The number of H-pyrrole nitrogens is 1. The minimum atomic E-state index is -4.17. The maximum absolute atomic E-state index is 15.3. The zero-order valence-electron chi connectivity index (χ0n) is 23.0. The number of nitrogens with zero attached hydrogens (tertiary/aromatic N) is 4. The van der Waals surface area contributed by atoms with Crippen LogP contribution in [-0.2, 0) is 26.7 Å². The molecule has 1 aliphatic rings. The number of aryl methyl sites for hydroxylation is 1. The zero-order valence-corrected chi connectivity index (χ0v) is 24.7. The van der Waals surface area contributed by atoms with Gasteiger partial charge in [-0.2, -0.15) is 5.10 Å². The average Bonchev–Trinajstić information content (AvgIpc) is 3.36. The highest BCUT2D eigenvalue weighted by Gasteiger charge is 2.28. The number of anilines is 1. The molecule has 5 rings (SSSR count). The van der Waals surface area contributed by atoms with Crippen LogP contribution < -0.4 is 9.64 Å². The van der Waals surface area contributed by atoms with Crippen LogP contribution >= 0.6 is 11.8 Å². The lowest BCUT2D eigenvalue weighted by Crippen LogP contribution is -2.44. The summed E-state index contributed by atoms with van der Waals surface area (Å²) in [6.07, 6.45) is 0.325. The first-order valence-electron chi connectivity index (χ1n) is 13.0. The van der Waals surface area contributed by atoms with Crippen molar-refractivity contribution >= 4 is 27.4 Å². The first-order chi connectivity index (χ1) is 20.1. The van der Waals surface area contributed by atoms with E-state index in [1.54, 1.807) is 0 Å². The van der Waals surface area contributed by atoms with E-state index in [0.29, 0.717) is 43.4 Å². The molecular formula is C28H28F3N5O4S2. The van der Waals surface area contributed by atoms with Crippen molar-refractivity contribution in [3.05, 3.63) is 82.6 Å². The minimum Gasteiger partial charge on any atom is -0.491 e. The van der Waals surface area contributed by atoms with Crippen LogP contribution in [0.25, 0.3) is 0 Å². The van der Waals surface area contributed by atoms with Crippen LogP contribution in [0.5, 0.6) is 5.75 Å². The van der Waals surface area contributed by atoms with E-state index in [9.17, 15) is 17.2 Å². The first-order valence-corrected chi connectivity index (χ1v) is 15.5. The summed E-state index contributed by atoms with van der Waals surface area (Å²) in [5.41, 5.74) is 1.82. The molecule has 1 aliphatic heterocycles. The third-order valence-electron chi connectivity index (χ3n) is 6.69. The lowest BCUT2D eigenvalue weighted by atomic mass is 10.2. The monoisotopic (exact) mass is 619 g/mol. The lowest BCUT2D eigenvalue weighted by molar-refractivity contribution is 0.0981. The molecule has 0 bridgehead atoms. The van der Waals surface area contributed by atoms with Crippen molar-refractivity contribution in [3.63, 3.8) is 0 Å². The van der Waals surface area contributed by atoms with Gasteiger partial charge in [0.05, 0.1) is 53.3 Å². The van der Waals surface area contributed by atoms with Crippen molar-refractivity contribution in [3.8, 4) is 5.75 Å². The highest BCUT2D eigenvalue weighted by molar-refractivity contribution is 7.99. The molecular weight excluding hydrogens is 591 g/mol. The number of hydrogen-bond donors (Lipinski definition) is 1. The van der Waals surface area contributed by atoms with Crippen molar-refractivity contribution in [1.29, 1.82) is 0 Å². The highest BCUT2D eigenvalue weighted by atomic mass is 32.2. The highest BCUT2D eigenvalue weighted by Crippen LogP contribution is 2.37. The summed E-state index contributed by atoms with van der Waals surface area (Å²) in [6.45, 7) is 5.44. The first kappa shape index (κ1) is 29.9. The Kier molecular flexibility index (Phi) is 8.76. The second kappa shape index (κ2) is 12.3. The molecule has 1 atom stereocenters. The molecule has 14 heteroatoms. The molecule has 9 nitrogen and oxygen atoms in total. The maximum Gasteiger partial charge on any atom is 0.195 e. The number of rotatable bonds is 9. The van der Waals surface area contributed by atoms with Gasteiger partial charge in [0.2, 0.25) is 0 Å². The lowest BCUT2D eigenvalue weighted by Gasteiger charge is -2.35. The van der Waals surface area contributed by atoms with Gasteiger partial charge in [0.25, 0.3) is 0 Å². The SMILES string of the molecule is COc1c(Cc2cc(C)[nH]n2)nc(Sc2ccc(S(=O)(=O)Cc3cccc(F)c3F)cc2F)nc1N1CCOC[C@@H]1C. The normalized spacial score (nSPS) is 15.7. The van der Waals surface area contributed by atoms with Crippen LogP contribution in [0.15, 0.2) is 57.4 Å². The molecule has 42 heavy (non-hydrogen) atoms. The average molecular weight is 620 g/mol. The van der Waals surface area contributed by atoms with E-state index in [2.05, 4.69) is 15.2 Å². The molecule has 0 saturated carbocycles. The smallest absolute Gasteiger partial charge is 0.195 e. The van der Waals surface area contributed by atoms with Gasteiger partial charge in [-0.25, -0.2) is 31.6 Å². The van der Waals surface area contributed by atoms with Gasteiger partial charge in [0, 0.05) is 24.2 Å². The Labute approximate surface area is 245 Å². The number of sulfone groups is 1. The fourth-order valence-electron chi connectivity index (χ4n) is 4.61. The predicted octanol–water partition coefficient (Wildman–Crippen LogP) is 4.88. The van der Waals surface area contributed by atoms with Crippen LogP contribution in [0.3, 0.4) is 0 Å². The van der Waals surface area contributed by atoms with Crippen LogP contribution in [0.4, 0.5) is 19.0 Å². The molecule has 3 heterocycles. The zero-order chi connectivity index (χ0) is 30.0. The Morgan fingerprint density at radius 2 is 1.95 bits per heavy atom. The van der Waals surface area contributed by atoms with Gasteiger partial charge in [-0.15, -0.1) is 0 Å². The molecule has 1 saturated heterocycles. The Balaban J connectivity index is 1.48. The van der Waals surface area contributed by atoms with E-state index in [1.807, 2.05) is 24.8 Å². The van der Waals surface area contributed by atoms with Crippen molar-refractivity contribution in [2.45, 2.75) is 47.0 Å². The third kappa shape index (κ3) is 6.40. The quantitative estimate of drug-likeness (QED) is 0.262. The van der Waals surface area contributed by atoms with Gasteiger partial charge >= 0.3 is 0 Å². The van der Waals surface area contributed by atoms with Crippen molar-refractivity contribution in [2.24, 2.45) is 0 Å². The number of nitrogens with one attached hydrogen (secondary N) is 1. The number of halogens is 3. The van der Waals surface area contributed by atoms with Crippen molar-refractivity contribution < 1.29 is 31.1 Å². The minimum absolute atomic E-state index is 0.00923. The fraction of sp³-hybridized carbons (Fsp3) is 0.321. The number of benzene rings is 2. The maximum atomic E-state index is 15.3. The second-order valence-corrected chi connectivity index (χ2v) is 12.8. The molecule has 1 fully saturated rings. The Hall–Kier alpha value is -3.62. The number of aromatic nitrogens is 4. The summed E-state index contributed by atoms with van der Waals surface area (Å²) in [5, 5.41) is 7.43. The molecule has 0 amide bonds. The van der Waals surface area contributed by atoms with Crippen LogP contribution in [-0.4, -0.2) is 61.5 Å². The summed E-state index contributed by atoms with van der Waals surface area (Å²) in [7, 11) is -2.64. The Morgan fingerprint density at radius 1 is 1.14 bits per heavy atom. The van der Waals surface area contributed by atoms with E-state index in [1.165, 1.54) is 31.4 Å². The van der Waals surface area contributed by atoms with Gasteiger partial charge in [0.15, 0.2) is 38.2 Å². The van der Waals surface area contributed by atoms with Gasteiger partial charge in [-0.3, -0.25) is 5.10 Å². The largest absolute Gasteiger partial charge is 0.491 e. The summed E-state index contributed by atoms with van der Waals surface area (Å²) >= 11 is 0.927. The van der Waals surface area contributed by atoms with Gasteiger partial charge in [-0.1, -0.05) is 12.1 Å². The summed E-state index contributed by atoms with van der Waals surface area (Å²) in [6, 6.07) is 8.54. The third-order valence-corrected chi connectivity index (χ3v) is 9.27. The molecule has 4 aromatic rings. The van der Waals surface area contributed by atoms with Crippen molar-refractivity contribution in [1.82, 2.24) is 20.2 Å². The molecule has 2 aromatic carbocycles. The molecule has 0 unspecified atom stereocenters. The number of hydrogen-bond acceptors (Lipinski definition) is 9. The topological polar surface area (TPSA) is 110 Å². The summed E-state index contributed by atoms with van der Waals surface area (Å²) in [4.78, 5) is 11.1. The molecule has 0 aliphatic carbocycles. The molecule has 2 aromatic heterocycles. The molecule has 1 N–H and O–H groups in total. The van der Waals surface area contributed by atoms with E-state index >= 15 is 4.39 Å². The number of methoxy groups -OCH3 is 1. The number of morpholine rings is 1. The predicted molar refractivity (Wildman–Crippen MR) is 150 cm³/mol. The molecule has 222 valence electrons. The fourth-order valence-corrected chi connectivity index (χ4v) is 6.75. The van der Waals surface area contributed by atoms with E-state index < -0.39 is 33.0 Å². The molecule has 0 spiro atoms. The van der Waals surface area contributed by atoms with Crippen LogP contribution in [0.2, 0.25) is 0 Å². The number of aromatic amines is 1.